The summed E-state index contributed by atoms with van der Waals surface area (Å²) in [4.78, 5) is 24.6. The molecule has 25 heavy (non-hydrogen) atoms. The number of hydrogen-bond acceptors (Lipinski definition) is 5. The van der Waals surface area contributed by atoms with Gasteiger partial charge in [-0.1, -0.05) is 18.2 Å². The summed E-state index contributed by atoms with van der Waals surface area (Å²) in [6, 6.07) is 7.40. The molecule has 1 fully saturated rings. The van der Waals surface area contributed by atoms with E-state index in [1.165, 1.54) is 0 Å². The molecular weight excluding hydrogens is 324 g/mol. The summed E-state index contributed by atoms with van der Waals surface area (Å²) < 4.78 is 16.2. The minimum absolute atomic E-state index is 0.161. The Morgan fingerprint density at radius 3 is 2.68 bits per heavy atom. The zero-order chi connectivity index (χ0) is 17.9. The Kier molecular flexibility index (Phi) is 5.06. The zero-order valence-electron chi connectivity index (χ0n) is 14.2. The van der Waals surface area contributed by atoms with Gasteiger partial charge in [-0.3, -0.25) is 9.59 Å². The number of para-hydroxylation sites is 1. The minimum Gasteiger partial charge on any atom is -0.451 e. The second-order valence-corrected chi connectivity index (χ2v) is 6.28. The molecule has 1 aliphatic heterocycles. The summed E-state index contributed by atoms with van der Waals surface area (Å²) in [6.45, 7) is 1.33. The van der Waals surface area contributed by atoms with Crippen molar-refractivity contribution < 1.29 is 23.5 Å². The van der Waals surface area contributed by atoms with Gasteiger partial charge in [-0.15, -0.1) is 0 Å². The van der Waals surface area contributed by atoms with E-state index in [2.05, 4.69) is 5.32 Å². The van der Waals surface area contributed by atoms with Crippen molar-refractivity contribution in [2.24, 2.45) is 11.1 Å². The lowest BCUT2D eigenvalue weighted by molar-refractivity contribution is -0.132. The highest BCUT2D eigenvalue weighted by Crippen LogP contribution is 2.30. The molecule has 1 aromatic carbocycles. The van der Waals surface area contributed by atoms with Crippen molar-refractivity contribution in [2.75, 3.05) is 26.9 Å². The number of carbonyl (C=O) groups excluding carboxylic acids is 2. The van der Waals surface area contributed by atoms with Crippen LogP contribution in [0.15, 0.2) is 28.7 Å². The average Bonchev–Trinajstić information content (AvgIpc) is 3.00. The highest BCUT2D eigenvalue weighted by molar-refractivity contribution is 5.99. The number of ether oxygens (including phenoxy) is 2. The van der Waals surface area contributed by atoms with Gasteiger partial charge in [0.05, 0.1) is 12.0 Å². The van der Waals surface area contributed by atoms with Gasteiger partial charge in [-0.05, 0) is 18.9 Å². The fourth-order valence-electron chi connectivity index (χ4n) is 3.17. The van der Waals surface area contributed by atoms with Gasteiger partial charge in [0.1, 0.15) is 5.58 Å². The molecule has 2 amide bonds. The quantitative estimate of drug-likeness (QED) is 0.827. The van der Waals surface area contributed by atoms with E-state index in [9.17, 15) is 9.59 Å². The van der Waals surface area contributed by atoms with Crippen molar-refractivity contribution in [3.63, 3.8) is 0 Å². The van der Waals surface area contributed by atoms with E-state index < -0.39 is 11.3 Å². The maximum Gasteiger partial charge on any atom is 0.287 e. The van der Waals surface area contributed by atoms with Gasteiger partial charge in [0, 0.05) is 37.8 Å². The Hall–Kier alpha value is -2.38. The number of furan rings is 1. The maximum atomic E-state index is 12.7. The van der Waals surface area contributed by atoms with Gasteiger partial charge in [-0.25, -0.2) is 0 Å². The summed E-state index contributed by atoms with van der Waals surface area (Å²) in [5, 5.41) is 3.64. The molecule has 7 heteroatoms. The molecule has 1 saturated heterocycles. The van der Waals surface area contributed by atoms with E-state index in [-0.39, 0.29) is 24.8 Å². The highest BCUT2D eigenvalue weighted by Gasteiger charge is 2.39. The number of primary amides is 1. The lowest BCUT2D eigenvalue weighted by atomic mass is 9.79. The fourth-order valence-corrected chi connectivity index (χ4v) is 3.17. The van der Waals surface area contributed by atoms with Crippen LogP contribution in [-0.2, 0) is 20.9 Å². The molecule has 1 aliphatic rings. The molecule has 0 saturated carbocycles. The van der Waals surface area contributed by atoms with E-state index in [1.807, 2.05) is 18.2 Å². The number of amides is 2. The fraction of sp³-hybridized carbons (Fsp3) is 0.444. The van der Waals surface area contributed by atoms with Crippen LogP contribution in [0.3, 0.4) is 0 Å². The first-order valence-corrected chi connectivity index (χ1v) is 8.22. The Labute approximate surface area is 145 Å². The number of carbonyl (C=O) groups is 2. The van der Waals surface area contributed by atoms with Crippen LogP contribution in [-0.4, -0.2) is 38.7 Å². The lowest BCUT2D eigenvalue weighted by Gasteiger charge is -2.34. The molecule has 0 radical (unpaired) electrons. The summed E-state index contributed by atoms with van der Waals surface area (Å²) in [5.74, 6) is -0.595. The van der Waals surface area contributed by atoms with Crippen molar-refractivity contribution in [3.05, 3.63) is 35.6 Å². The van der Waals surface area contributed by atoms with Crippen LogP contribution in [0.1, 0.15) is 29.0 Å². The molecule has 2 aromatic rings. The molecule has 1 aromatic heterocycles. The monoisotopic (exact) mass is 346 g/mol. The van der Waals surface area contributed by atoms with Gasteiger partial charge in [0.2, 0.25) is 5.91 Å². The Balaban J connectivity index is 1.82. The summed E-state index contributed by atoms with van der Waals surface area (Å²) in [5.41, 5.74) is 6.11. The average molecular weight is 346 g/mol. The van der Waals surface area contributed by atoms with Crippen molar-refractivity contribution in [3.8, 4) is 0 Å². The van der Waals surface area contributed by atoms with Crippen LogP contribution >= 0.6 is 0 Å². The molecule has 0 bridgehead atoms. The van der Waals surface area contributed by atoms with Crippen LogP contribution in [0.4, 0.5) is 0 Å². The second-order valence-electron chi connectivity index (χ2n) is 6.28. The number of methoxy groups -OCH3 is 1. The van der Waals surface area contributed by atoms with E-state index in [1.54, 1.807) is 13.2 Å². The smallest absolute Gasteiger partial charge is 0.287 e. The Morgan fingerprint density at radius 1 is 1.28 bits per heavy atom. The van der Waals surface area contributed by atoms with Gasteiger partial charge in [-0.2, -0.15) is 0 Å². The summed E-state index contributed by atoms with van der Waals surface area (Å²) >= 11 is 0. The molecule has 0 spiro atoms. The molecule has 0 aliphatic carbocycles. The van der Waals surface area contributed by atoms with Crippen molar-refractivity contribution in [2.45, 2.75) is 19.4 Å². The first kappa shape index (κ1) is 17.4. The molecule has 2 heterocycles. The molecule has 7 nitrogen and oxygen atoms in total. The topological polar surface area (TPSA) is 104 Å². The first-order chi connectivity index (χ1) is 12.1. The summed E-state index contributed by atoms with van der Waals surface area (Å²) in [7, 11) is 1.56. The molecule has 3 N–H and O–H groups in total. The molecule has 134 valence electrons. The van der Waals surface area contributed by atoms with Crippen LogP contribution in [0.5, 0.6) is 0 Å². The first-order valence-electron chi connectivity index (χ1n) is 8.22. The number of fused-ring (bicyclic) bond motifs is 1. The third kappa shape index (κ3) is 3.38. The predicted molar refractivity (Wildman–Crippen MR) is 90.9 cm³/mol. The SMILES string of the molecule is COCc1c(C(=O)NCC2(C(N)=O)CCOCC2)oc2ccccc12. The van der Waals surface area contributed by atoms with Gasteiger partial charge in [0.25, 0.3) is 5.91 Å². The molecule has 0 unspecified atom stereocenters. The Bertz CT molecular complexity index is 777. The maximum absolute atomic E-state index is 12.7. The van der Waals surface area contributed by atoms with E-state index in [4.69, 9.17) is 19.6 Å². The standard InChI is InChI=1S/C18H22N2O5/c1-23-10-13-12-4-2-3-5-14(12)25-15(13)16(21)20-11-18(17(19)22)6-8-24-9-7-18/h2-5H,6-11H2,1H3,(H2,19,22)(H,20,21). The van der Waals surface area contributed by atoms with E-state index in [0.717, 1.165) is 5.39 Å². The highest BCUT2D eigenvalue weighted by atomic mass is 16.5. The van der Waals surface area contributed by atoms with Crippen molar-refractivity contribution >= 4 is 22.8 Å². The van der Waals surface area contributed by atoms with Crippen LogP contribution in [0, 0.1) is 5.41 Å². The van der Waals surface area contributed by atoms with Crippen LogP contribution in [0.2, 0.25) is 0 Å². The van der Waals surface area contributed by atoms with E-state index >= 15 is 0 Å². The van der Waals surface area contributed by atoms with Crippen LogP contribution < -0.4 is 11.1 Å². The zero-order valence-corrected chi connectivity index (χ0v) is 14.2. The third-order valence-electron chi connectivity index (χ3n) is 4.75. The second kappa shape index (κ2) is 7.25. The molecular formula is C18H22N2O5. The van der Waals surface area contributed by atoms with Crippen molar-refractivity contribution in [1.29, 1.82) is 0 Å². The number of hydrogen-bond donors (Lipinski definition) is 2. The number of nitrogens with two attached hydrogens (primary N) is 1. The normalized spacial score (nSPS) is 16.7. The number of rotatable bonds is 6. The van der Waals surface area contributed by atoms with Crippen molar-refractivity contribution in [1.82, 2.24) is 5.32 Å². The van der Waals surface area contributed by atoms with Gasteiger partial charge < -0.3 is 24.9 Å². The van der Waals surface area contributed by atoms with Gasteiger partial charge >= 0.3 is 0 Å². The van der Waals surface area contributed by atoms with E-state index in [0.29, 0.717) is 37.2 Å². The van der Waals surface area contributed by atoms with Gasteiger partial charge in [0.15, 0.2) is 5.76 Å². The Morgan fingerprint density at radius 2 is 2.00 bits per heavy atom. The largest absolute Gasteiger partial charge is 0.451 e. The third-order valence-corrected chi connectivity index (χ3v) is 4.75. The molecule has 0 atom stereocenters. The minimum atomic E-state index is -0.776. The predicted octanol–water partition coefficient (Wildman–Crippen LogP) is 1.59. The summed E-state index contributed by atoms with van der Waals surface area (Å²) in [6.07, 6.45) is 0.987. The molecule has 3 rings (SSSR count). The van der Waals surface area contributed by atoms with Crippen LogP contribution in [0.25, 0.3) is 11.0 Å². The lowest BCUT2D eigenvalue weighted by Crippen LogP contribution is -2.49. The number of nitrogens with one attached hydrogen (secondary N) is 1. The number of benzene rings is 1.